The van der Waals surface area contributed by atoms with Gasteiger partial charge in [0.25, 0.3) is 5.91 Å². The fourth-order valence-electron chi connectivity index (χ4n) is 2.62. The number of nitrogens with one attached hydrogen (secondary N) is 1. The zero-order valence-electron chi connectivity index (χ0n) is 12.6. The normalized spacial score (nSPS) is 18.1. The van der Waals surface area contributed by atoms with Gasteiger partial charge in [-0.15, -0.1) is 0 Å². The van der Waals surface area contributed by atoms with E-state index in [1.165, 1.54) is 6.07 Å². The summed E-state index contributed by atoms with van der Waals surface area (Å²) in [6.45, 7) is 3.09. The Kier molecular flexibility index (Phi) is 6.16. The average molecular weight is 418 g/mol. The van der Waals surface area contributed by atoms with Crippen LogP contribution < -0.4 is 5.32 Å². The van der Waals surface area contributed by atoms with Gasteiger partial charge < -0.3 is 10.2 Å². The topological polar surface area (TPSA) is 49.4 Å². The van der Waals surface area contributed by atoms with E-state index in [2.05, 4.69) is 5.32 Å². The molecule has 1 heterocycles. The molecular weight excluding hydrogens is 398 g/mol. The van der Waals surface area contributed by atoms with Crippen LogP contribution in [0.2, 0.25) is 0 Å². The number of halogens is 2. The fourth-order valence-corrected chi connectivity index (χ4v) is 2.95. The minimum absolute atomic E-state index is 0.00885. The molecule has 1 aromatic carbocycles. The predicted octanol–water partition coefficient (Wildman–Crippen LogP) is 2.95. The first-order valence-corrected chi connectivity index (χ1v) is 8.62. The van der Waals surface area contributed by atoms with E-state index in [9.17, 15) is 14.0 Å². The van der Waals surface area contributed by atoms with Gasteiger partial charge in [-0.25, -0.2) is 4.39 Å². The van der Waals surface area contributed by atoms with E-state index >= 15 is 0 Å². The Balaban J connectivity index is 2.00. The number of hydrogen-bond donors (Lipinski definition) is 1. The van der Waals surface area contributed by atoms with Gasteiger partial charge in [-0.2, -0.15) is 0 Å². The number of rotatable bonds is 4. The quantitative estimate of drug-likeness (QED) is 0.765. The summed E-state index contributed by atoms with van der Waals surface area (Å²) in [5, 5.41) is 2.97. The molecule has 1 aliphatic heterocycles. The molecule has 22 heavy (non-hydrogen) atoms. The summed E-state index contributed by atoms with van der Waals surface area (Å²) in [5.41, 5.74) is 0.360. The van der Waals surface area contributed by atoms with E-state index in [4.69, 9.17) is 0 Å². The zero-order valence-corrected chi connectivity index (χ0v) is 14.7. The van der Waals surface area contributed by atoms with Crippen molar-refractivity contribution >= 4 is 34.4 Å². The van der Waals surface area contributed by atoms with Crippen molar-refractivity contribution in [1.29, 1.82) is 0 Å². The van der Waals surface area contributed by atoms with E-state index in [-0.39, 0.29) is 23.7 Å². The molecule has 1 saturated heterocycles. The standard InChI is InChI=1S/C16H20FIN2O2/c1-2-4-15(21)19-12-5-3-8-20(10-12)16(22)11-6-7-14(18)13(17)9-11/h6-7,9,12H,2-5,8,10H2,1H3,(H,19,21). The summed E-state index contributed by atoms with van der Waals surface area (Å²) in [5.74, 6) is -0.525. The Labute approximate surface area is 143 Å². The molecule has 1 N–H and O–H groups in total. The molecule has 0 aromatic heterocycles. The van der Waals surface area contributed by atoms with E-state index in [0.29, 0.717) is 28.6 Å². The third-order valence-electron chi connectivity index (χ3n) is 3.72. The predicted molar refractivity (Wildman–Crippen MR) is 91.1 cm³/mol. The largest absolute Gasteiger partial charge is 0.352 e. The van der Waals surface area contributed by atoms with Crippen LogP contribution >= 0.6 is 22.6 Å². The fraction of sp³-hybridized carbons (Fsp3) is 0.500. The van der Waals surface area contributed by atoms with Crippen molar-refractivity contribution in [2.75, 3.05) is 13.1 Å². The molecule has 1 unspecified atom stereocenters. The van der Waals surface area contributed by atoms with Crippen LogP contribution in [0.3, 0.4) is 0 Å². The summed E-state index contributed by atoms with van der Waals surface area (Å²) >= 11 is 1.90. The highest BCUT2D eigenvalue weighted by Gasteiger charge is 2.25. The molecule has 1 atom stereocenters. The van der Waals surface area contributed by atoms with Gasteiger partial charge in [0, 0.05) is 34.7 Å². The Hall–Kier alpha value is -1.18. The van der Waals surface area contributed by atoms with Gasteiger partial charge in [0.05, 0.1) is 0 Å². The summed E-state index contributed by atoms with van der Waals surface area (Å²) in [6, 6.07) is 4.52. The van der Waals surface area contributed by atoms with Crippen molar-refractivity contribution in [2.45, 2.75) is 38.6 Å². The van der Waals surface area contributed by atoms with Gasteiger partial charge in [-0.05, 0) is 60.1 Å². The average Bonchev–Trinajstić information content (AvgIpc) is 2.50. The number of likely N-dealkylation sites (tertiary alicyclic amines) is 1. The highest BCUT2D eigenvalue weighted by Crippen LogP contribution is 2.17. The van der Waals surface area contributed by atoms with Crippen molar-refractivity contribution in [3.63, 3.8) is 0 Å². The van der Waals surface area contributed by atoms with Crippen LogP contribution in [0.25, 0.3) is 0 Å². The summed E-state index contributed by atoms with van der Waals surface area (Å²) in [6.07, 6.45) is 3.03. The highest BCUT2D eigenvalue weighted by molar-refractivity contribution is 14.1. The van der Waals surface area contributed by atoms with Gasteiger partial charge in [0.2, 0.25) is 5.91 Å². The van der Waals surface area contributed by atoms with Gasteiger partial charge in [0.15, 0.2) is 0 Å². The molecule has 1 fully saturated rings. The Bertz CT molecular complexity index is 565. The Morgan fingerprint density at radius 2 is 2.23 bits per heavy atom. The van der Waals surface area contributed by atoms with Gasteiger partial charge in [-0.1, -0.05) is 6.92 Å². The van der Waals surface area contributed by atoms with Crippen molar-refractivity contribution in [2.24, 2.45) is 0 Å². The molecular formula is C16H20FIN2O2. The zero-order chi connectivity index (χ0) is 16.1. The first kappa shape index (κ1) is 17.2. The van der Waals surface area contributed by atoms with E-state index in [1.807, 2.05) is 29.5 Å². The summed E-state index contributed by atoms with van der Waals surface area (Å²) < 4.78 is 14.1. The molecule has 6 heteroatoms. The van der Waals surface area contributed by atoms with Crippen LogP contribution in [0, 0.1) is 9.39 Å². The van der Waals surface area contributed by atoms with Gasteiger partial charge >= 0.3 is 0 Å². The number of amides is 2. The number of carbonyl (C=O) groups is 2. The second-order valence-corrected chi connectivity index (χ2v) is 6.70. The lowest BCUT2D eigenvalue weighted by Gasteiger charge is -2.33. The van der Waals surface area contributed by atoms with Crippen molar-refractivity contribution in [3.8, 4) is 0 Å². The summed E-state index contributed by atoms with van der Waals surface area (Å²) in [4.78, 5) is 25.8. The van der Waals surface area contributed by atoms with Crippen LogP contribution in [0.15, 0.2) is 18.2 Å². The highest BCUT2D eigenvalue weighted by atomic mass is 127. The molecule has 1 aromatic rings. The number of piperidine rings is 1. The SMILES string of the molecule is CCCC(=O)NC1CCCN(C(=O)c2ccc(I)c(F)c2)C1. The Morgan fingerprint density at radius 1 is 1.45 bits per heavy atom. The lowest BCUT2D eigenvalue weighted by molar-refractivity contribution is -0.122. The lowest BCUT2D eigenvalue weighted by Crippen LogP contribution is -2.49. The van der Waals surface area contributed by atoms with Crippen molar-refractivity contribution < 1.29 is 14.0 Å². The lowest BCUT2D eigenvalue weighted by atomic mass is 10.0. The molecule has 2 rings (SSSR count). The first-order chi connectivity index (χ1) is 10.5. The smallest absolute Gasteiger partial charge is 0.254 e. The number of benzene rings is 1. The second-order valence-electron chi connectivity index (χ2n) is 5.54. The van der Waals surface area contributed by atoms with Gasteiger partial charge in [0.1, 0.15) is 5.82 Å². The van der Waals surface area contributed by atoms with E-state index in [0.717, 1.165) is 19.3 Å². The third-order valence-corrected chi connectivity index (χ3v) is 4.59. The minimum atomic E-state index is -0.378. The number of nitrogens with zero attached hydrogens (tertiary/aromatic N) is 1. The minimum Gasteiger partial charge on any atom is -0.352 e. The van der Waals surface area contributed by atoms with Gasteiger partial charge in [-0.3, -0.25) is 9.59 Å². The Morgan fingerprint density at radius 3 is 2.91 bits per heavy atom. The maximum atomic E-state index is 13.6. The molecule has 4 nitrogen and oxygen atoms in total. The summed E-state index contributed by atoms with van der Waals surface area (Å²) in [7, 11) is 0. The van der Waals surface area contributed by atoms with Crippen LogP contribution in [-0.4, -0.2) is 35.8 Å². The molecule has 2 amide bonds. The third kappa shape index (κ3) is 4.41. The van der Waals surface area contributed by atoms with Crippen molar-refractivity contribution in [1.82, 2.24) is 10.2 Å². The molecule has 0 radical (unpaired) electrons. The second kappa shape index (κ2) is 7.89. The van der Waals surface area contributed by atoms with Crippen LogP contribution in [0.1, 0.15) is 43.0 Å². The monoisotopic (exact) mass is 418 g/mol. The molecule has 0 spiro atoms. The van der Waals surface area contributed by atoms with E-state index in [1.54, 1.807) is 17.0 Å². The number of carbonyl (C=O) groups excluding carboxylic acids is 2. The maximum Gasteiger partial charge on any atom is 0.254 e. The molecule has 1 aliphatic rings. The first-order valence-electron chi connectivity index (χ1n) is 7.55. The van der Waals surface area contributed by atoms with E-state index < -0.39 is 0 Å². The maximum absolute atomic E-state index is 13.6. The van der Waals surface area contributed by atoms with Crippen LogP contribution in [0.4, 0.5) is 4.39 Å². The molecule has 0 bridgehead atoms. The number of hydrogen-bond acceptors (Lipinski definition) is 2. The van der Waals surface area contributed by atoms with Crippen molar-refractivity contribution in [3.05, 3.63) is 33.1 Å². The van der Waals surface area contributed by atoms with Crippen LogP contribution in [-0.2, 0) is 4.79 Å². The van der Waals surface area contributed by atoms with Crippen LogP contribution in [0.5, 0.6) is 0 Å². The molecule has 120 valence electrons. The molecule has 0 saturated carbocycles. The molecule has 0 aliphatic carbocycles.